The van der Waals surface area contributed by atoms with Crippen molar-refractivity contribution in [2.24, 2.45) is 0 Å². The molecule has 1 unspecified atom stereocenters. The van der Waals surface area contributed by atoms with Gasteiger partial charge in [0, 0.05) is 47.2 Å². The maximum absolute atomic E-state index is 13.5. The number of hydrogen-bond donors (Lipinski definition) is 1. The number of rotatable bonds is 11. The number of carbonyl (C=O) groups excluding carboxylic acids is 1. The SMILES string of the molecule is CCCCN(CCCC)c1ccc2c(c1)Oc1ccc(NC(c3ccccc3)c3ccccc3)cc1C21OC(=O)c2ccccc21. The molecule has 1 atom stereocenters. The Kier molecular flexibility index (Phi) is 8.23. The highest BCUT2D eigenvalue weighted by molar-refractivity contribution is 5.97. The molecule has 2 aliphatic heterocycles. The van der Waals surface area contributed by atoms with E-state index in [4.69, 9.17) is 9.47 Å². The predicted molar refractivity (Wildman–Crippen MR) is 185 cm³/mol. The van der Waals surface area contributed by atoms with E-state index in [-0.39, 0.29) is 12.0 Å². The second-order valence-electron chi connectivity index (χ2n) is 12.2. The van der Waals surface area contributed by atoms with Gasteiger partial charge in [-0.25, -0.2) is 4.79 Å². The quantitative estimate of drug-likeness (QED) is 0.151. The lowest BCUT2D eigenvalue weighted by molar-refractivity contribution is 0.0224. The third kappa shape index (κ3) is 5.30. The summed E-state index contributed by atoms with van der Waals surface area (Å²) in [6.45, 7) is 6.44. The van der Waals surface area contributed by atoms with Crippen LogP contribution in [0.5, 0.6) is 11.5 Å². The van der Waals surface area contributed by atoms with E-state index >= 15 is 0 Å². The van der Waals surface area contributed by atoms with Crippen molar-refractivity contribution in [1.82, 2.24) is 0 Å². The number of fused-ring (bicyclic) bond motifs is 6. The molecule has 5 nitrogen and oxygen atoms in total. The summed E-state index contributed by atoms with van der Waals surface area (Å²) in [5, 5.41) is 3.79. The van der Waals surface area contributed by atoms with E-state index < -0.39 is 5.60 Å². The molecule has 5 aromatic carbocycles. The van der Waals surface area contributed by atoms with Crippen LogP contribution in [0.25, 0.3) is 0 Å². The molecule has 0 fully saturated rings. The van der Waals surface area contributed by atoms with Crippen LogP contribution >= 0.6 is 0 Å². The highest BCUT2D eigenvalue weighted by atomic mass is 16.6. The highest BCUT2D eigenvalue weighted by Crippen LogP contribution is 2.57. The van der Waals surface area contributed by atoms with E-state index in [0.717, 1.165) is 83.7 Å². The second kappa shape index (κ2) is 12.8. The third-order valence-corrected chi connectivity index (χ3v) is 9.20. The minimum absolute atomic E-state index is 0.0774. The number of carbonyl (C=O) groups is 1. The van der Waals surface area contributed by atoms with Crippen LogP contribution in [0.3, 0.4) is 0 Å². The Morgan fingerprint density at radius 1 is 0.674 bits per heavy atom. The van der Waals surface area contributed by atoms with Crippen LogP contribution in [-0.4, -0.2) is 19.1 Å². The monoisotopic (exact) mass is 608 g/mol. The summed E-state index contributed by atoms with van der Waals surface area (Å²) in [5.41, 5.74) is 6.30. The number of nitrogens with one attached hydrogen (secondary N) is 1. The molecule has 5 heteroatoms. The Balaban J connectivity index is 1.34. The van der Waals surface area contributed by atoms with Gasteiger partial charge in [0.2, 0.25) is 0 Å². The highest BCUT2D eigenvalue weighted by Gasteiger charge is 2.53. The molecule has 0 saturated carbocycles. The van der Waals surface area contributed by atoms with Crippen molar-refractivity contribution < 1.29 is 14.3 Å². The Bertz CT molecular complexity index is 1790. The van der Waals surface area contributed by atoms with Crippen molar-refractivity contribution in [3.05, 3.63) is 155 Å². The van der Waals surface area contributed by atoms with Gasteiger partial charge in [-0.2, -0.15) is 0 Å². The van der Waals surface area contributed by atoms with Crippen LogP contribution in [0.4, 0.5) is 11.4 Å². The smallest absolute Gasteiger partial charge is 0.340 e. The van der Waals surface area contributed by atoms with Crippen LogP contribution in [0.15, 0.2) is 121 Å². The standard InChI is InChI=1S/C41H40N2O3/c1-3-5-25-43(26-6-4-2)32-22-23-35-38(28-32)45-37-24-21-31(27-36(37)41(35)34-20-14-13-19-33(34)40(44)46-41)42-39(29-15-9-7-10-16-29)30-17-11-8-12-18-30/h7-24,27-28,39,42H,3-6,25-26H2,1-2H3. The molecule has 232 valence electrons. The number of nitrogens with zero attached hydrogens (tertiary/aromatic N) is 1. The third-order valence-electron chi connectivity index (χ3n) is 9.20. The number of anilines is 2. The first-order valence-electron chi connectivity index (χ1n) is 16.5. The van der Waals surface area contributed by atoms with Crippen molar-refractivity contribution >= 4 is 17.3 Å². The molecule has 2 heterocycles. The van der Waals surface area contributed by atoms with E-state index in [2.05, 4.69) is 103 Å². The normalized spacial score (nSPS) is 15.9. The van der Waals surface area contributed by atoms with Gasteiger partial charge in [0.25, 0.3) is 0 Å². The van der Waals surface area contributed by atoms with Gasteiger partial charge in [0.05, 0.1) is 11.6 Å². The molecule has 0 radical (unpaired) electrons. The predicted octanol–water partition coefficient (Wildman–Crippen LogP) is 9.86. The zero-order valence-corrected chi connectivity index (χ0v) is 26.5. The summed E-state index contributed by atoms with van der Waals surface area (Å²) in [7, 11) is 0. The van der Waals surface area contributed by atoms with Crippen LogP contribution < -0.4 is 15.0 Å². The number of unbranched alkanes of at least 4 members (excludes halogenated alkanes) is 2. The maximum Gasteiger partial charge on any atom is 0.340 e. The molecular weight excluding hydrogens is 568 g/mol. The van der Waals surface area contributed by atoms with Crippen LogP contribution in [0, 0.1) is 0 Å². The second-order valence-corrected chi connectivity index (χ2v) is 12.2. The van der Waals surface area contributed by atoms with E-state index in [1.165, 1.54) is 0 Å². The summed E-state index contributed by atoms with van der Waals surface area (Å²) in [4.78, 5) is 16.0. The fourth-order valence-corrected chi connectivity index (χ4v) is 6.83. The molecule has 0 aromatic heterocycles. The van der Waals surface area contributed by atoms with Crippen LogP contribution in [0.1, 0.15) is 83.7 Å². The van der Waals surface area contributed by atoms with Crippen molar-refractivity contribution in [3.8, 4) is 11.5 Å². The summed E-state index contributed by atoms with van der Waals surface area (Å²) in [6.07, 6.45) is 4.53. The van der Waals surface area contributed by atoms with Gasteiger partial charge in [-0.1, -0.05) is 106 Å². The first kappa shape index (κ1) is 29.7. The van der Waals surface area contributed by atoms with Gasteiger partial charge in [-0.05, 0) is 60.4 Å². The van der Waals surface area contributed by atoms with Crippen molar-refractivity contribution in [2.45, 2.75) is 51.2 Å². The van der Waals surface area contributed by atoms with E-state index in [1.54, 1.807) is 0 Å². The molecule has 7 rings (SSSR count). The largest absolute Gasteiger partial charge is 0.456 e. The van der Waals surface area contributed by atoms with Gasteiger partial charge < -0.3 is 19.7 Å². The molecule has 0 amide bonds. The Morgan fingerprint density at radius 2 is 1.33 bits per heavy atom. The molecule has 2 aliphatic rings. The Hall–Kier alpha value is -5.03. The Labute approximate surface area is 271 Å². The first-order chi connectivity index (χ1) is 22.6. The molecule has 5 aromatic rings. The van der Waals surface area contributed by atoms with Crippen molar-refractivity contribution in [1.29, 1.82) is 0 Å². The van der Waals surface area contributed by atoms with Crippen LogP contribution in [0.2, 0.25) is 0 Å². The summed E-state index contributed by atoms with van der Waals surface area (Å²) < 4.78 is 13.2. The zero-order chi connectivity index (χ0) is 31.5. The lowest BCUT2D eigenvalue weighted by Crippen LogP contribution is -2.33. The first-order valence-corrected chi connectivity index (χ1v) is 16.5. The molecule has 1 spiro atoms. The van der Waals surface area contributed by atoms with Gasteiger partial charge in [0.15, 0.2) is 5.60 Å². The lowest BCUT2D eigenvalue weighted by atomic mass is 9.77. The fourth-order valence-electron chi connectivity index (χ4n) is 6.83. The van der Waals surface area contributed by atoms with Crippen molar-refractivity contribution in [2.75, 3.05) is 23.3 Å². The minimum Gasteiger partial charge on any atom is -0.456 e. The molecule has 0 aliphatic carbocycles. The molecule has 1 N–H and O–H groups in total. The van der Waals surface area contributed by atoms with Gasteiger partial charge in [-0.15, -0.1) is 0 Å². The van der Waals surface area contributed by atoms with Gasteiger partial charge in [0.1, 0.15) is 11.5 Å². The molecular formula is C41H40N2O3. The molecule has 46 heavy (non-hydrogen) atoms. The van der Waals surface area contributed by atoms with E-state index in [9.17, 15) is 4.79 Å². The maximum atomic E-state index is 13.5. The molecule has 0 bridgehead atoms. The van der Waals surface area contributed by atoms with Crippen molar-refractivity contribution in [3.63, 3.8) is 0 Å². The summed E-state index contributed by atoms with van der Waals surface area (Å²) >= 11 is 0. The summed E-state index contributed by atoms with van der Waals surface area (Å²) in [5.74, 6) is 1.08. The number of benzene rings is 5. The minimum atomic E-state index is -1.13. The van der Waals surface area contributed by atoms with E-state index in [1.807, 2.05) is 42.5 Å². The average molecular weight is 609 g/mol. The lowest BCUT2D eigenvalue weighted by Gasteiger charge is -2.37. The fraction of sp³-hybridized carbons (Fsp3) is 0.244. The Morgan fingerprint density at radius 3 is 2.00 bits per heavy atom. The number of ether oxygens (including phenoxy) is 2. The van der Waals surface area contributed by atoms with Gasteiger partial charge in [-0.3, -0.25) is 0 Å². The zero-order valence-electron chi connectivity index (χ0n) is 26.5. The van der Waals surface area contributed by atoms with E-state index in [0.29, 0.717) is 11.3 Å². The van der Waals surface area contributed by atoms with Crippen LogP contribution in [-0.2, 0) is 10.3 Å². The number of hydrogen-bond acceptors (Lipinski definition) is 5. The molecule has 0 saturated heterocycles. The number of esters is 1. The average Bonchev–Trinajstić information content (AvgIpc) is 3.40. The topological polar surface area (TPSA) is 50.8 Å². The van der Waals surface area contributed by atoms with Gasteiger partial charge >= 0.3 is 5.97 Å². The summed E-state index contributed by atoms with van der Waals surface area (Å²) in [6, 6.07) is 41.1.